The van der Waals surface area contributed by atoms with Crippen molar-refractivity contribution in [1.29, 1.82) is 0 Å². The molecule has 0 saturated carbocycles. The van der Waals surface area contributed by atoms with Crippen LogP contribution in [0.15, 0.2) is 16.9 Å². The average molecular weight is 270 g/mol. The zero-order valence-electron chi connectivity index (χ0n) is 19.7. The Bertz CT molecular complexity index is 735. The van der Waals surface area contributed by atoms with E-state index in [9.17, 15) is 0 Å². The van der Waals surface area contributed by atoms with E-state index in [0.29, 0.717) is 0 Å². The topological polar surface area (TPSA) is 32.3 Å². The average Bonchev–Trinajstić information content (AvgIpc) is 2.40. The van der Waals surface area contributed by atoms with Crippen LogP contribution in [0.3, 0.4) is 0 Å². The molecule has 0 unspecified atom stereocenters. The Kier molecular flexibility index (Phi) is 0.818. The molecule has 1 aromatic rings. The third-order valence-corrected chi connectivity index (χ3v) is 1.62. The second kappa shape index (κ2) is 4.23. The Labute approximate surface area is 110 Å². The van der Waals surface area contributed by atoms with E-state index < -0.39 is 56.0 Å². The second-order valence-electron chi connectivity index (χ2n) is 2.18. The van der Waals surface area contributed by atoms with Gasteiger partial charge in [-0.15, -0.1) is 0 Å². The fourth-order valence-corrected chi connectivity index (χ4v) is 0.985. The number of aromatic nitrogens is 2. The highest BCUT2D eigenvalue weighted by Gasteiger charge is 2.15. The van der Waals surface area contributed by atoms with Gasteiger partial charge in [-0.2, -0.15) is 0 Å². The van der Waals surface area contributed by atoms with E-state index in [1.807, 2.05) is 0 Å². The normalized spacial score (nSPS) is 47.5. The first kappa shape index (κ1) is 2.71. The summed E-state index contributed by atoms with van der Waals surface area (Å²) in [6.45, 7) is -17.7. The number of hydrogen-bond donors (Lipinski definition) is 0. The van der Waals surface area contributed by atoms with Crippen LogP contribution in [0.25, 0.3) is 0 Å². The van der Waals surface area contributed by atoms with Gasteiger partial charge in [0.1, 0.15) is 10.4 Å². The molecule has 0 radical (unpaired) electrons. The predicted molar refractivity (Wildman–Crippen MR) is 59.4 cm³/mol. The third kappa shape index (κ3) is 2.22. The van der Waals surface area contributed by atoms with Crippen molar-refractivity contribution in [3.05, 3.63) is 16.9 Å². The van der Waals surface area contributed by atoms with Crippen LogP contribution >= 0.6 is 15.9 Å². The predicted octanol–water partition coefficient (Wildman–Crippen LogP) is 0.991. The molecule has 1 saturated heterocycles. The molecule has 0 aromatic carbocycles. The van der Waals surface area contributed by atoms with Gasteiger partial charge in [-0.05, 0) is 22.9 Å². The van der Waals surface area contributed by atoms with E-state index in [1.54, 1.807) is 0 Å². The van der Waals surface area contributed by atoms with Crippen LogP contribution in [0, 0.1) is 0 Å². The van der Waals surface area contributed by atoms with Crippen LogP contribution in [-0.2, 0) is 0 Å². The second-order valence-corrected chi connectivity index (χ2v) is 2.93. The summed E-state index contributed by atoms with van der Waals surface area (Å²) in [6.07, 6.45) is -1.44. The quantitative estimate of drug-likeness (QED) is 0.762. The summed E-state index contributed by atoms with van der Waals surface area (Å²) in [5.41, 5.74) is 0. The number of hydrogen-bond acceptors (Lipinski definition) is 4. The molecule has 0 spiro atoms. The minimum absolute atomic E-state index is 0.0816. The van der Waals surface area contributed by atoms with Crippen molar-refractivity contribution in [2.75, 3.05) is 37.9 Å². The maximum Gasteiger partial charge on any atom is 0.148 e. The van der Waals surface area contributed by atoms with E-state index in [4.69, 9.17) is 17.8 Å². The Hall–Kier alpha value is -0.680. The fourth-order valence-electron chi connectivity index (χ4n) is 0.729. The minimum Gasteiger partial charge on any atom is -0.353 e. The van der Waals surface area contributed by atoms with Gasteiger partial charge in [0.15, 0.2) is 0 Å². The first-order chi connectivity index (χ1) is 11.8. The van der Waals surface area contributed by atoms with Gasteiger partial charge in [0, 0.05) is 35.6 Å². The molecule has 4 nitrogen and oxygen atoms in total. The summed E-state index contributed by atoms with van der Waals surface area (Å²) in [4.78, 5) is 6.50. The molecule has 1 aliphatic heterocycles. The van der Waals surface area contributed by atoms with E-state index >= 15 is 0 Å². The summed E-state index contributed by atoms with van der Waals surface area (Å²) >= 11 is 2.82. The molecule has 0 aliphatic carbocycles. The van der Waals surface area contributed by atoms with Gasteiger partial charge in [-0.25, -0.2) is 4.98 Å². The summed E-state index contributed by atoms with van der Waals surface area (Å²) in [6, 6.07) is 0. The van der Waals surface area contributed by atoms with E-state index in [1.165, 1.54) is 0 Å². The molecule has 1 fully saturated rings. The van der Waals surface area contributed by atoms with Crippen molar-refractivity contribution < 1.29 is 17.8 Å². The van der Waals surface area contributed by atoms with Gasteiger partial charge in [0.2, 0.25) is 0 Å². The van der Waals surface area contributed by atoms with Crippen molar-refractivity contribution in [2.45, 2.75) is 0 Å². The van der Waals surface area contributed by atoms with Gasteiger partial charge in [-0.1, -0.05) is 0 Å². The standard InChI is InChI=1S/C9H13BrN4/c1-13-2-4-14(5-3-13)9-7-11-6-8(10)12-9/h6-7H,2-5H2,1H3/i1D3,2D2,3D2,4D2,5D2,6D,7D. The van der Waals surface area contributed by atoms with Gasteiger partial charge in [0.25, 0.3) is 0 Å². The van der Waals surface area contributed by atoms with Crippen molar-refractivity contribution in [3.8, 4) is 0 Å². The molecule has 0 bridgehead atoms. The highest BCUT2D eigenvalue weighted by atomic mass is 79.9. The number of piperazine rings is 1. The lowest BCUT2D eigenvalue weighted by molar-refractivity contribution is 0.312. The number of likely N-dealkylation sites (N-methyl/N-ethyl adjacent to an activating group) is 1. The Morgan fingerprint density at radius 3 is 3.00 bits per heavy atom. The molecule has 1 aromatic heterocycles. The maximum absolute atomic E-state index is 8.09. The van der Waals surface area contributed by atoms with Crippen LogP contribution in [-0.4, -0.2) is 47.8 Å². The van der Waals surface area contributed by atoms with Crippen LogP contribution in [0.1, 0.15) is 17.8 Å². The van der Waals surface area contributed by atoms with Crippen LogP contribution in [0.5, 0.6) is 0 Å². The zero-order chi connectivity index (χ0) is 21.4. The molecule has 76 valence electrons. The van der Waals surface area contributed by atoms with E-state index in [2.05, 4.69) is 25.9 Å². The minimum atomic E-state index is -3.58. The van der Waals surface area contributed by atoms with Crippen LogP contribution in [0.2, 0.25) is 0 Å². The molecular weight excluding hydrogens is 244 g/mol. The first-order valence-corrected chi connectivity index (χ1v) is 4.22. The molecule has 2 heterocycles. The lowest BCUT2D eigenvalue weighted by Crippen LogP contribution is -2.44. The van der Waals surface area contributed by atoms with Crippen LogP contribution in [0.4, 0.5) is 5.82 Å². The molecule has 0 atom stereocenters. The first-order valence-electron chi connectivity index (χ1n) is 9.93. The smallest absolute Gasteiger partial charge is 0.148 e. The van der Waals surface area contributed by atoms with Crippen molar-refractivity contribution in [3.63, 3.8) is 0 Å². The lowest BCUT2D eigenvalue weighted by Gasteiger charge is -2.32. The molecule has 5 heteroatoms. The monoisotopic (exact) mass is 269 g/mol. The molecule has 1 aliphatic rings. The van der Waals surface area contributed by atoms with Crippen molar-refractivity contribution in [1.82, 2.24) is 14.9 Å². The summed E-state index contributed by atoms with van der Waals surface area (Å²) in [7, 11) is 0. The van der Waals surface area contributed by atoms with E-state index in [0.717, 1.165) is 0 Å². The molecular formula is C9H13BrN4. The zero-order valence-corrected chi connectivity index (χ0v) is 8.25. The van der Waals surface area contributed by atoms with Crippen molar-refractivity contribution in [2.24, 2.45) is 0 Å². The number of nitrogens with zero attached hydrogens (tertiary/aromatic N) is 4. The third-order valence-electron chi connectivity index (χ3n) is 1.27. The fraction of sp³-hybridized carbons (Fsp3) is 0.556. The van der Waals surface area contributed by atoms with E-state index in [-0.39, 0.29) is 9.50 Å². The number of rotatable bonds is 1. The largest absolute Gasteiger partial charge is 0.353 e. The van der Waals surface area contributed by atoms with Gasteiger partial charge in [0.05, 0.1) is 20.6 Å². The Balaban J connectivity index is 2.87. The molecule has 0 amide bonds. The van der Waals surface area contributed by atoms with Gasteiger partial charge in [-0.3, -0.25) is 4.98 Å². The summed E-state index contributed by atoms with van der Waals surface area (Å²) < 4.78 is 101. The lowest BCUT2D eigenvalue weighted by atomic mass is 10.3. The maximum atomic E-state index is 8.09. The SMILES string of the molecule is [2H]c1nc([2H])c(N2C([2H])([2H])C([2H])([2H])N(C([2H])([2H])[2H])C([2H])([2H])C2([2H])[2H])nc1Br. The summed E-state index contributed by atoms with van der Waals surface area (Å²) in [5, 5.41) is 0. The molecule has 0 N–H and O–H groups in total. The number of halogens is 1. The number of anilines is 1. The highest BCUT2D eigenvalue weighted by molar-refractivity contribution is 9.10. The molecule has 14 heavy (non-hydrogen) atoms. The van der Waals surface area contributed by atoms with Gasteiger partial charge >= 0.3 is 0 Å². The Morgan fingerprint density at radius 1 is 1.50 bits per heavy atom. The molecule has 2 rings (SSSR count). The Morgan fingerprint density at radius 2 is 2.29 bits per heavy atom. The van der Waals surface area contributed by atoms with Gasteiger partial charge < -0.3 is 9.80 Å². The van der Waals surface area contributed by atoms with Crippen LogP contribution < -0.4 is 4.90 Å². The van der Waals surface area contributed by atoms with Crippen molar-refractivity contribution >= 4 is 21.7 Å². The summed E-state index contributed by atoms with van der Waals surface area (Å²) in [5.74, 6) is -0.897. The highest BCUT2D eigenvalue weighted by Crippen LogP contribution is 2.14.